The van der Waals surface area contributed by atoms with E-state index in [2.05, 4.69) is 0 Å². The Labute approximate surface area is 62.3 Å². The van der Waals surface area contributed by atoms with Crippen molar-refractivity contribution in [2.75, 3.05) is 0 Å². The Morgan fingerprint density at radius 3 is 2.60 bits per heavy atom. The second kappa shape index (κ2) is 1.64. The minimum Gasteiger partial charge on any atom is -0.343 e. The van der Waals surface area contributed by atoms with E-state index in [-0.39, 0.29) is 6.42 Å². The zero-order chi connectivity index (χ0) is 7.41. The molecule has 0 aromatic heterocycles. The molecule has 1 aliphatic carbocycles. The van der Waals surface area contributed by atoms with Crippen LogP contribution >= 0.6 is 11.6 Å². The van der Waals surface area contributed by atoms with Gasteiger partial charge in [0.15, 0.2) is 11.2 Å². The molecular formula is C6H7ClF2O. The fraction of sp³-hybridized carbons (Fsp3) is 1.00. The highest BCUT2D eigenvalue weighted by molar-refractivity contribution is 6.25. The molecule has 1 saturated carbocycles. The Balaban J connectivity index is 2.16. The SMILES string of the molecule is FC1(F)CCCC2(Cl)OC12. The lowest BCUT2D eigenvalue weighted by atomic mass is 9.96. The second-order valence-corrected chi connectivity index (χ2v) is 3.54. The normalized spacial score (nSPS) is 50.1. The summed E-state index contributed by atoms with van der Waals surface area (Å²) in [5.41, 5.74) is 0. The maximum Gasteiger partial charge on any atom is 0.277 e. The van der Waals surface area contributed by atoms with Crippen molar-refractivity contribution in [3.63, 3.8) is 0 Å². The van der Waals surface area contributed by atoms with E-state index in [0.717, 1.165) is 0 Å². The van der Waals surface area contributed by atoms with Gasteiger partial charge in [-0.15, -0.1) is 0 Å². The van der Waals surface area contributed by atoms with Crippen molar-refractivity contribution >= 4 is 11.6 Å². The van der Waals surface area contributed by atoms with Crippen LogP contribution in [0.15, 0.2) is 0 Å². The summed E-state index contributed by atoms with van der Waals surface area (Å²) in [6.07, 6.45) is -0.0519. The summed E-state index contributed by atoms with van der Waals surface area (Å²) in [4.78, 5) is 0. The third-order valence-corrected chi connectivity index (χ3v) is 2.54. The zero-order valence-corrected chi connectivity index (χ0v) is 6.00. The van der Waals surface area contributed by atoms with Crippen LogP contribution in [0.3, 0.4) is 0 Å². The fourth-order valence-electron chi connectivity index (χ4n) is 1.45. The first-order chi connectivity index (χ1) is 4.55. The zero-order valence-electron chi connectivity index (χ0n) is 5.24. The fourth-order valence-corrected chi connectivity index (χ4v) is 1.83. The Morgan fingerprint density at radius 2 is 2.10 bits per heavy atom. The first kappa shape index (κ1) is 6.80. The number of alkyl halides is 3. The van der Waals surface area contributed by atoms with Crippen molar-refractivity contribution in [3.05, 3.63) is 0 Å². The minimum atomic E-state index is -2.68. The predicted molar refractivity (Wildman–Crippen MR) is 32.3 cm³/mol. The Bertz CT molecular complexity index is 173. The molecule has 2 atom stereocenters. The summed E-state index contributed by atoms with van der Waals surface area (Å²) >= 11 is 5.63. The summed E-state index contributed by atoms with van der Waals surface area (Å²) in [6, 6.07) is 0. The van der Waals surface area contributed by atoms with E-state index in [1.54, 1.807) is 0 Å². The molecule has 0 aromatic carbocycles. The quantitative estimate of drug-likeness (QED) is 0.399. The molecule has 1 aliphatic heterocycles. The van der Waals surface area contributed by atoms with Gasteiger partial charge in [-0.2, -0.15) is 0 Å². The van der Waals surface area contributed by atoms with Gasteiger partial charge in [0, 0.05) is 6.42 Å². The largest absolute Gasteiger partial charge is 0.343 e. The monoisotopic (exact) mass is 168 g/mol. The maximum atomic E-state index is 12.7. The summed E-state index contributed by atoms with van der Waals surface area (Å²) in [7, 11) is 0. The van der Waals surface area contributed by atoms with E-state index in [1.807, 2.05) is 0 Å². The van der Waals surface area contributed by atoms with Crippen LogP contribution in [0.5, 0.6) is 0 Å². The van der Waals surface area contributed by atoms with E-state index in [9.17, 15) is 8.78 Å². The number of hydrogen-bond donors (Lipinski definition) is 0. The average molecular weight is 169 g/mol. The summed E-state index contributed by atoms with van der Waals surface area (Å²) in [6.45, 7) is 0. The molecule has 10 heavy (non-hydrogen) atoms. The Kier molecular flexibility index (Phi) is 1.12. The number of ether oxygens (including phenoxy) is 1. The lowest BCUT2D eigenvalue weighted by Gasteiger charge is -2.19. The van der Waals surface area contributed by atoms with Crippen molar-refractivity contribution in [2.24, 2.45) is 0 Å². The van der Waals surface area contributed by atoms with Gasteiger partial charge in [0.2, 0.25) is 0 Å². The molecule has 0 amide bonds. The third kappa shape index (κ3) is 0.768. The molecule has 0 bridgehead atoms. The molecule has 2 aliphatic rings. The number of rotatable bonds is 0. The molecule has 2 unspecified atom stereocenters. The molecule has 1 nitrogen and oxygen atoms in total. The van der Waals surface area contributed by atoms with Gasteiger partial charge in [-0.1, -0.05) is 11.6 Å². The number of hydrogen-bond acceptors (Lipinski definition) is 1. The van der Waals surface area contributed by atoms with Gasteiger partial charge in [0.05, 0.1) is 0 Å². The Morgan fingerprint density at radius 1 is 1.40 bits per heavy atom. The van der Waals surface area contributed by atoms with Gasteiger partial charge in [0.1, 0.15) is 0 Å². The first-order valence-corrected chi connectivity index (χ1v) is 3.67. The summed E-state index contributed by atoms with van der Waals surface area (Å²) < 4.78 is 30.0. The van der Waals surface area contributed by atoms with Gasteiger partial charge in [-0.25, -0.2) is 8.78 Å². The van der Waals surface area contributed by atoms with Crippen molar-refractivity contribution in [3.8, 4) is 0 Å². The summed E-state index contributed by atoms with van der Waals surface area (Å²) in [5.74, 6) is -2.68. The van der Waals surface area contributed by atoms with Crippen molar-refractivity contribution < 1.29 is 13.5 Å². The highest BCUT2D eigenvalue weighted by Crippen LogP contribution is 2.57. The molecule has 1 heterocycles. The lowest BCUT2D eigenvalue weighted by molar-refractivity contribution is -0.0391. The van der Waals surface area contributed by atoms with Crippen LogP contribution in [-0.2, 0) is 4.74 Å². The van der Waals surface area contributed by atoms with Gasteiger partial charge in [-0.05, 0) is 12.8 Å². The van der Waals surface area contributed by atoms with E-state index >= 15 is 0 Å². The summed E-state index contributed by atoms with van der Waals surface area (Å²) in [5, 5.41) is -0.998. The molecule has 4 heteroatoms. The van der Waals surface area contributed by atoms with Crippen LogP contribution in [0.25, 0.3) is 0 Å². The van der Waals surface area contributed by atoms with Crippen molar-refractivity contribution in [2.45, 2.75) is 36.3 Å². The molecule has 2 fully saturated rings. The molecule has 0 radical (unpaired) electrons. The van der Waals surface area contributed by atoms with E-state index in [1.165, 1.54) is 0 Å². The number of fused-ring (bicyclic) bond motifs is 1. The molecule has 58 valence electrons. The van der Waals surface area contributed by atoms with Crippen LogP contribution in [0, 0.1) is 0 Å². The third-order valence-electron chi connectivity index (χ3n) is 2.06. The van der Waals surface area contributed by atoms with E-state index in [0.29, 0.717) is 12.8 Å². The van der Waals surface area contributed by atoms with Crippen LogP contribution in [0.1, 0.15) is 19.3 Å². The van der Waals surface area contributed by atoms with Crippen molar-refractivity contribution in [1.29, 1.82) is 0 Å². The smallest absolute Gasteiger partial charge is 0.277 e. The maximum absolute atomic E-state index is 12.7. The number of epoxide rings is 1. The van der Waals surface area contributed by atoms with Crippen LogP contribution in [0.4, 0.5) is 8.78 Å². The molecule has 0 spiro atoms. The van der Waals surface area contributed by atoms with Crippen LogP contribution in [0.2, 0.25) is 0 Å². The molecular weight excluding hydrogens is 162 g/mol. The molecule has 1 saturated heterocycles. The standard InChI is InChI=1S/C6H7ClF2O/c7-5-2-1-3-6(8,9)4(5)10-5/h4H,1-3H2. The highest BCUT2D eigenvalue weighted by Gasteiger charge is 2.69. The second-order valence-electron chi connectivity index (χ2n) is 2.90. The van der Waals surface area contributed by atoms with E-state index in [4.69, 9.17) is 16.3 Å². The minimum absolute atomic E-state index is 0.0772. The Hall–Kier alpha value is 0.110. The number of halogens is 3. The van der Waals surface area contributed by atoms with Gasteiger partial charge >= 0.3 is 0 Å². The van der Waals surface area contributed by atoms with Gasteiger partial charge < -0.3 is 4.74 Å². The van der Waals surface area contributed by atoms with Gasteiger partial charge in [-0.3, -0.25) is 0 Å². The highest BCUT2D eigenvalue weighted by atomic mass is 35.5. The average Bonchev–Trinajstić information content (AvgIpc) is 2.41. The lowest BCUT2D eigenvalue weighted by Crippen LogP contribution is -2.32. The van der Waals surface area contributed by atoms with E-state index < -0.39 is 17.1 Å². The predicted octanol–water partition coefficient (Wildman–Crippen LogP) is 2.14. The van der Waals surface area contributed by atoms with Gasteiger partial charge in [0.25, 0.3) is 5.92 Å². The molecule has 0 aromatic rings. The molecule has 0 N–H and O–H groups in total. The topological polar surface area (TPSA) is 12.5 Å². The first-order valence-electron chi connectivity index (χ1n) is 3.29. The van der Waals surface area contributed by atoms with Crippen LogP contribution in [-0.4, -0.2) is 17.1 Å². The van der Waals surface area contributed by atoms with Crippen LogP contribution < -0.4 is 0 Å². The molecule has 2 rings (SSSR count). The van der Waals surface area contributed by atoms with Crippen molar-refractivity contribution in [1.82, 2.24) is 0 Å².